The molecular weight excluding hydrogens is 371 g/mol. The molecule has 144 valence electrons. The highest BCUT2D eigenvalue weighted by atomic mass is 35.5. The quantitative estimate of drug-likeness (QED) is 0.760. The molecule has 0 spiro atoms. The van der Waals surface area contributed by atoms with E-state index in [0.717, 1.165) is 0 Å². The molecule has 27 heavy (non-hydrogen) atoms. The normalized spacial score (nSPS) is 28.6. The van der Waals surface area contributed by atoms with E-state index >= 15 is 0 Å². The molecule has 1 aliphatic heterocycles. The fourth-order valence-corrected chi connectivity index (χ4v) is 4.13. The van der Waals surface area contributed by atoms with Crippen LogP contribution < -0.4 is 16.2 Å². The molecule has 1 saturated carbocycles. The maximum atomic E-state index is 14.2. The smallest absolute Gasteiger partial charge is 0.255 e. The average molecular weight is 393 g/mol. The lowest BCUT2D eigenvalue weighted by Crippen LogP contribution is -2.55. The Kier molecular flexibility index (Phi) is 5.68. The van der Waals surface area contributed by atoms with Crippen molar-refractivity contribution in [3.05, 3.63) is 45.4 Å². The molecule has 2 N–H and O–H groups in total. The molecular formula is C19H22ClFN4O2. The van der Waals surface area contributed by atoms with E-state index in [1.165, 1.54) is 4.57 Å². The number of halogens is 2. The number of nitriles is 1. The molecule has 1 amide bonds. The SMILES string of the molecule is C[C@H](NCc1ccc(C#N)n(C)c1=O)C1=CC2CC(Cl)CC(F)C2NC1=O. The lowest BCUT2D eigenvalue weighted by Gasteiger charge is -2.39. The van der Waals surface area contributed by atoms with Gasteiger partial charge in [-0.3, -0.25) is 9.59 Å². The third-order valence-corrected chi connectivity index (χ3v) is 5.73. The number of nitrogens with zero attached hydrogens (tertiary/aromatic N) is 2. The number of fused-ring (bicyclic) bond motifs is 1. The first-order valence-corrected chi connectivity index (χ1v) is 9.38. The van der Waals surface area contributed by atoms with Crippen LogP contribution in [0, 0.1) is 17.2 Å². The van der Waals surface area contributed by atoms with Gasteiger partial charge in [-0.05, 0) is 31.9 Å². The Labute approximate surface area is 162 Å². The monoisotopic (exact) mass is 392 g/mol. The van der Waals surface area contributed by atoms with E-state index in [2.05, 4.69) is 10.6 Å². The molecule has 0 radical (unpaired) electrons. The van der Waals surface area contributed by atoms with Gasteiger partial charge in [-0.1, -0.05) is 6.08 Å². The molecule has 2 heterocycles. The molecule has 0 saturated heterocycles. The molecule has 5 atom stereocenters. The maximum absolute atomic E-state index is 14.2. The number of rotatable bonds is 4. The van der Waals surface area contributed by atoms with Crippen LogP contribution in [-0.4, -0.2) is 34.1 Å². The number of amides is 1. The van der Waals surface area contributed by atoms with Crippen LogP contribution in [0.25, 0.3) is 0 Å². The molecule has 0 bridgehead atoms. The van der Waals surface area contributed by atoms with Gasteiger partial charge < -0.3 is 15.2 Å². The summed E-state index contributed by atoms with van der Waals surface area (Å²) in [7, 11) is 1.55. The fourth-order valence-electron chi connectivity index (χ4n) is 3.76. The summed E-state index contributed by atoms with van der Waals surface area (Å²) in [6.07, 6.45) is 1.55. The van der Waals surface area contributed by atoms with E-state index in [0.29, 0.717) is 17.6 Å². The number of hydrogen-bond acceptors (Lipinski definition) is 4. The van der Waals surface area contributed by atoms with E-state index in [9.17, 15) is 14.0 Å². The predicted octanol–water partition coefficient (Wildman–Crippen LogP) is 1.52. The molecule has 1 aromatic rings. The van der Waals surface area contributed by atoms with Gasteiger partial charge >= 0.3 is 0 Å². The van der Waals surface area contributed by atoms with Crippen molar-refractivity contribution in [3.63, 3.8) is 0 Å². The average Bonchev–Trinajstić information content (AvgIpc) is 2.63. The summed E-state index contributed by atoms with van der Waals surface area (Å²) in [6.45, 7) is 2.08. The van der Waals surface area contributed by atoms with E-state index in [1.807, 2.05) is 19.1 Å². The zero-order valence-electron chi connectivity index (χ0n) is 15.2. The van der Waals surface area contributed by atoms with Gasteiger partial charge in [0.25, 0.3) is 5.56 Å². The molecule has 8 heteroatoms. The number of aromatic nitrogens is 1. The van der Waals surface area contributed by atoms with E-state index in [-0.39, 0.29) is 47.5 Å². The lowest BCUT2D eigenvalue weighted by atomic mass is 9.78. The van der Waals surface area contributed by atoms with Crippen molar-refractivity contribution in [2.75, 3.05) is 0 Å². The number of nitrogens with one attached hydrogen (secondary N) is 2. The van der Waals surface area contributed by atoms with Crippen LogP contribution in [0.5, 0.6) is 0 Å². The highest BCUT2D eigenvalue weighted by Crippen LogP contribution is 2.34. The maximum Gasteiger partial charge on any atom is 0.255 e. The zero-order valence-corrected chi connectivity index (χ0v) is 16.0. The molecule has 0 aromatic carbocycles. The summed E-state index contributed by atoms with van der Waals surface area (Å²) < 4.78 is 15.5. The van der Waals surface area contributed by atoms with Crippen molar-refractivity contribution in [1.29, 1.82) is 5.26 Å². The molecule has 2 aliphatic rings. The summed E-state index contributed by atoms with van der Waals surface area (Å²) in [6, 6.07) is 4.32. The highest BCUT2D eigenvalue weighted by molar-refractivity contribution is 6.20. The number of hydrogen-bond donors (Lipinski definition) is 2. The Morgan fingerprint density at radius 2 is 2.19 bits per heavy atom. The third kappa shape index (κ3) is 3.92. The van der Waals surface area contributed by atoms with Gasteiger partial charge in [0.1, 0.15) is 17.9 Å². The number of alkyl halides is 2. The second-order valence-electron chi connectivity index (χ2n) is 7.19. The second kappa shape index (κ2) is 7.83. The first-order valence-electron chi connectivity index (χ1n) is 8.95. The van der Waals surface area contributed by atoms with Crippen LogP contribution in [0.2, 0.25) is 0 Å². The van der Waals surface area contributed by atoms with Gasteiger partial charge in [-0.25, -0.2) is 4.39 Å². The minimum Gasteiger partial charge on any atom is -0.346 e. The largest absolute Gasteiger partial charge is 0.346 e. The zero-order chi connectivity index (χ0) is 19.7. The first kappa shape index (κ1) is 19.6. The summed E-state index contributed by atoms with van der Waals surface area (Å²) in [5, 5.41) is 14.7. The van der Waals surface area contributed by atoms with E-state index < -0.39 is 12.2 Å². The van der Waals surface area contributed by atoms with Crippen LogP contribution in [0.1, 0.15) is 31.0 Å². The van der Waals surface area contributed by atoms with Crippen molar-refractivity contribution >= 4 is 17.5 Å². The minimum atomic E-state index is -1.14. The summed E-state index contributed by atoms with van der Waals surface area (Å²) >= 11 is 6.14. The molecule has 1 aromatic heterocycles. The van der Waals surface area contributed by atoms with Crippen LogP contribution in [-0.2, 0) is 18.4 Å². The van der Waals surface area contributed by atoms with Crippen molar-refractivity contribution in [3.8, 4) is 6.07 Å². The van der Waals surface area contributed by atoms with Crippen LogP contribution >= 0.6 is 11.6 Å². The predicted molar refractivity (Wildman–Crippen MR) is 100.0 cm³/mol. The molecule has 6 nitrogen and oxygen atoms in total. The van der Waals surface area contributed by atoms with E-state index in [4.69, 9.17) is 16.9 Å². The van der Waals surface area contributed by atoms with Crippen LogP contribution in [0.15, 0.2) is 28.6 Å². The standard InChI is InChI=1S/C19H22ClFN4O2/c1-10(23-9-11-3-4-14(8-22)25(2)19(11)27)15-6-12-5-13(20)7-16(21)17(12)24-18(15)26/h3-4,6,10,12-13,16-17,23H,5,7,9H2,1-2H3,(H,24,26)/t10-,12?,13?,16?,17?/m0/s1. The van der Waals surface area contributed by atoms with Crippen LogP contribution in [0.3, 0.4) is 0 Å². The third-order valence-electron chi connectivity index (χ3n) is 5.38. The van der Waals surface area contributed by atoms with Crippen molar-refractivity contribution in [2.24, 2.45) is 13.0 Å². The summed E-state index contributed by atoms with van der Waals surface area (Å²) in [4.78, 5) is 24.7. The van der Waals surface area contributed by atoms with Gasteiger partial charge in [0, 0.05) is 42.1 Å². The molecule has 3 rings (SSSR count). The Morgan fingerprint density at radius 3 is 2.89 bits per heavy atom. The number of carbonyl (C=O) groups excluding carboxylic acids is 1. The summed E-state index contributed by atoms with van der Waals surface area (Å²) in [5.41, 5.74) is 1.05. The Morgan fingerprint density at radius 1 is 1.44 bits per heavy atom. The molecule has 1 aliphatic carbocycles. The Hall–Kier alpha value is -2.17. The minimum absolute atomic E-state index is 0.129. The number of carbonyl (C=O) groups is 1. The second-order valence-corrected chi connectivity index (χ2v) is 7.81. The molecule has 4 unspecified atom stereocenters. The fraction of sp³-hybridized carbons (Fsp3) is 0.526. The van der Waals surface area contributed by atoms with Gasteiger partial charge in [0.2, 0.25) is 5.91 Å². The first-order chi connectivity index (χ1) is 12.8. The van der Waals surface area contributed by atoms with Crippen LogP contribution in [0.4, 0.5) is 4.39 Å². The Bertz CT molecular complexity index is 875. The van der Waals surface area contributed by atoms with Gasteiger partial charge in [0.05, 0.1) is 6.04 Å². The van der Waals surface area contributed by atoms with Crippen molar-refractivity contribution < 1.29 is 9.18 Å². The number of pyridine rings is 1. The van der Waals surface area contributed by atoms with E-state index in [1.54, 1.807) is 19.2 Å². The Balaban J connectivity index is 1.73. The van der Waals surface area contributed by atoms with Crippen molar-refractivity contribution in [1.82, 2.24) is 15.2 Å². The van der Waals surface area contributed by atoms with Gasteiger partial charge in [-0.2, -0.15) is 5.26 Å². The highest BCUT2D eigenvalue weighted by Gasteiger charge is 2.41. The van der Waals surface area contributed by atoms with Crippen molar-refractivity contribution in [2.45, 2.75) is 49.9 Å². The lowest BCUT2D eigenvalue weighted by molar-refractivity contribution is -0.120. The van der Waals surface area contributed by atoms with Gasteiger partial charge in [-0.15, -0.1) is 11.6 Å². The topological polar surface area (TPSA) is 86.9 Å². The summed E-state index contributed by atoms with van der Waals surface area (Å²) in [5.74, 6) is -0.421. The van der Waals surface area contributed by atoms with Gasteiger partial charge in [0.15, 0.2) is 0 Å². The molecule has 1 fully saturated rings.